The number of ether oxygens (including phenoxy) is 2. The van der Waals surface area contributed by atoms with Crippen LogP contribution in [-0.4, -0.2) is 57.1 Å². The number of carboxylic acids is 1. The number of carboxylic acid groups (broad SMARTS) is 1. The largest absolute Gasteiger partial charge is 0.478 e. The Morgan fingerprint density at radius 2 is 1.85 bits per heavy atom. The van der Waals surface area contributed by atoms with Crippen LogP contribution in [0, 0.1) is 23.2 Å². The van der Waals surface area contributed by atoms with Gasteiger partial charge in [0.25, 0.3) is 0 Å². The summed E-state index contributed by atoms with van der Waals surface area (Å²) >= 11 is 0. The maximum absolute atomic E-state index is 13.4. The average molecular weight is 541 g/mol. The van der Waals surface area contributed by atoms with Crippen LogP contribution in [0.2, 0.25) is 0 Å². The van der Waals surface area contributed by atoms with Gasteiger partial charge in [-0.25, -0.2) is 4.79 Å². The van der Waals surface area contributed by atoms with Gasteiger partial charge in [0, 0.05) is 12.0 Å². The fraction of sp³-hybridized carbons (Fsp3) is 0.516. The first-order valence-electron chi connectivity index (χ1n) is 13.3. The first kappa shape index (κ1) is 30.5. The number of ketones is 1. The van der Waals surface area contributed by atoms with Crippen LogP contribution in [0.25, 0.3) is 0 Å². The number of hydrogen-bond acceptors (Lipinski definition) is 7. The molecule has 0 aromatic rings. The number of aliphatic hydroxyl groups excluding tert-OH is 2. The molecule has 0 aromatic heterocycles. The third-order valence-corrected chi connectivity index (χ3v) is 8.27. The predicted molar refractivity (Wildman–Crippen MR) is 146 cm³/mol. The van der Waals surface area contributed by atoms with Gasteiger partial charge in [0.15, 0.2) is 6.29 Å². The van der Waals surface area contributed by atoms with Crippen molar-refractivity contribution < 1.29 is 39.2 Å². The van der Waals surface area contributed by atoms with E-state index in [4.69, 9.17) is 14.6 Å². The van der Waals surface area contributed by atoms with Gasteiger partial charge in [-0.3, -0.25) is 9.59 Å². The molecule has 0 bridgehead atoms. The highest BCUT2D eigenvalue weighted by Gasteiger charge is 2.63. The molecule has 3 N–H and O–H groups in total. The normalized spacial score (nSPS) is 34.9. The molecule has 3 rings (SSSR count). The average Bonchev–Trinajstić information content (AvgIpc) is 2.84. The van der Waals surface area contributed by atoms with Gasteiger partial charge >= 0.3 is 11.9 Å². The van der Waals surface area contributed by atoms with Gasteiger partial charge < -0.3 is 24.8 Å². The standard InChI is InChI=1S/C31H40O8/c1-18(10-8-12-25(33)34)9-7-11-20(3)28(36)21(4)29(37)38-23-16-19(2)15-22-13-14-30(5)31(6,27(22)23)24(32)17-26(35)39-30/h7-15,19,21,23,26-28,35-36H,16-17H2,1-6H3,(H,33,34)/b9-7+,12-8+,18-10-,20-11+/t19-,21+,23+,26-,27-,28+,30-,31-/m1/s1. The molecule has 8 heteroatoms. The summed E-state index contributed by atoms with van der Waals surface area (Å²) in [5.41, 5.74) is 0.195. The third kappa shape index (κ3) is 6.40. The number of fused-ring (bicyclic) bond motifs is 3. The Hall–Kier alpha value is -3.07. The first-order valence-corrected chi connectivity index (χ1v) is 13.3. The van der Waals surface area contributed by atoms with E-state index >= 15 is 0 Å². The Bertz CT molecular complexity index is 1170. The first-order chi connectivity index (χ1) is 18.2. The summed E-state index contributed by atoms with van der Waals surface area (Å²) in [7, 11) is 0. The number of carbonyl (C=O) groups excluding carboxylic acids is 2. The van der Waals surface area contributed by atoms with Crippen molar-refractivity contribution in [2.24, 2.45) is 23.2 Å². The maximum Gasteiger partial charge on any atom is 0.328 e. The molecule has 39 heavy (non-hydrogen) atoms. The van der Waals surface area contributed by atoms with Gasteiger partial charge in [-0.2, -0.15) is 0 Å². The predicted octanol–water partition coefficient (Wildman–Crippen LogP) is 4.21. The van der Waals surface area contributed by atoms with Crippen LogP contribution in [0.3, 0.4) is 0 Å². The molecule has 1 aliphatic heterocycles. The summed E-state index contributed by atoms with van der Waals surface area (Å²) in [5.74, 6) is -2.91. The van der Waals surface area contributed by atoms with Crippen molar-refractivity contribution in [3.63, 3.8) is 0 Å². The number of esters is 1. The van der Waals surface area contributed by atoms with E-state index in [2.05, 4.69) is 6.08 Å². The number of aliphatic carboxylic acids is 1. The zero-order valence-electron chi connectivity index (χ0n) is 23.5. The Balaban J connectivity index is 1.77. The topological polar surface area (TPSA) is 130 Å². The summed E-state index contributed by atoms with van der Waals surface area (Å²) in [4.78, 5) is 37.2. The van der Waals surface area contributed by atoms with E-state index in [0.29, 0.717) is 12.0 Å². The minimum Gasteiger partial charge on any atom is -0.478 e. The second-order valence-electron chi connectivity index (χ2n) is 11.3. The molecule has 0 unspecified atom stereocenters. The van der Waals surface area contributed by atoms with Gasteiger partial charge in [-0.15, -0.1) is 0 Å². The summed E-state index contributed by atoms with van der Waals surface area (Å²) in [6, 6.07) is 0. The van der Waals surface area contributed by atoms with Crippen LogP contribution in [0.1, 0.15) is 54.4 Å². The molecule has 3 aliphatic rings. The van der Waals surface area contributed by atoms with Gasteiger partial charge in [0.05, 0.1) is 29.5 Å². The second-order valence-corrected chi connectivity index (χ2v) is 11.3. The molecule has 1 fully saturated rings. The van der Waals surface area contributed by atoms with Crippen molar-refractivity contribution in [2.75, 3.05) is 0 Å². The van der Waals surface area contributed by atoms with E-state index in [1.807, 2.05) is 32.9 Å². The molecule has 2 aliphatic carbocycles. The van der Waals surface area contributed by atoms with Crippen LogP contribution in [0.15, 0.2) is 71.4 Å². The number of aliphatic hydroxyl groups is 2. The molecule has 1 saturated heterocycles. The molecule has 8 atom stereocenters. The summed E-state index contributed by atoms with van der Waals surface area (Å²) in [6.07, 6.45) is 12.6. The highest BCUT2D eigenvalue weighted by molar-refractivity contribution is 5.89. The lowest BCUT2D eigenvalue weighted by Gasteiger charge is -2.56. The lowest BCUT2D eigenvalue weighted by Crippen LogP contribution is -2.64. The number of carbonyl (C=O) groups is 3. The van der Waals surface area contributed by atoms with Crippen molar-refractivity contribution in [1.29, 1.82) is 0 Å². The number of Topliss-reactive ketones (excluding diaryl/α,β-unsaturated/α-hetero) is 1. The molecule has 1 heterocycles. The SMILES string of the molecule is CC(=C/C=C/C(=O)O)/C=C/C=C(\C)[C@H](O)[C@H](C)C(=O)O[C@H]1C[C@H](C)C=C2C=C[C@@]3(C)O[C@@H](O)CC(=O)[C@]3(C)[C@H]21. The molecule has 0 saturated carbocycles. The van der Waals surface area contributed by atoms with Gasteiger partial charge in [0.1, 0.15) is 11.9 Å². The molecular weight excluding hydrogens is 500 g/mol. The third-order valence-electron chi connectivity index (χ3n) is 8.27. The van der Waals surface area contributed by atoms with Crippen LogP contribution >= 0.6 is 0 Å². The summed E-state index contributed by atoms with van der Waals surface area (Å²) in [6.45, 7) is 10.8. The minimum absolute atomic E-state index is 0.116. The Morgan fingerprint density at radius 1 is 1.18 bits per heavy atom. The Morgan fingerprint density at radius 3 is 2.51 bits per heavy atom. The van der Waals surface area contributed by atoms with E-state index in [1.54, 1.807) is 45.1 Å². The smallest absolute Gasteiger partial charge is 0.328 e. The Kier molecular flexibility index (Phi) is 9.36. The van der Waals surface area contributed by atoms with Gasteiger partial charge in [0.2, 0.25) is 0 Å². The molecule has 8 nitrogen and oxygen atoms in total. The molecule has 0 spiro atoms. The number of rotatable bonds is 8. The lowest BCUT2D eigenvalue weighted by molar-refractivity contribution is -0.242. The monoisotopic (exact) mass is 540 g/mol. The molecule has 0 radical (unpaired) electrons. The summed E-state index contributed by atoms with van der Waals surface area (Å²) in [5, 5.41) is 29.7. The van der Waals surface area contributed by atoms with Gasteiger partial charge in [-0.1, -0.05) is 61.1 Å². The number of allylic oxidation sites excluding steroid dienone is 8. The second kappa shape index (κ2) is 12.0. The van der Waals surface area contributed by atoms with E-state index in [0.717, 1.165) is 17.2 Å². The fourth-order valence-corrected chi connectivity index (χ4v) is 5.81. The van der Waals surface area contributed by atoms with E-state index < -0.39 is 53.3 Å². The van der Waals surface area contributed by atoms with Crippen LogP contribution in [0.4, 0.5) is 0 Å². The van der Waals surface area contributed by atoms with E-state index in [9.17, 15) is 24.6 Å². The van der Waals surface area contributed by atoms with Crippen molar-refractivity contribution >= 4 is 17.7 Å². The Labute approximate surface area is 230 Å². The zero-order valence-corrected chi connectivity index (χ0v) is 23.5. The van der Waals surface area contributed by atoms with E-state index in [1.165, 1.54) is 6.08 Å². The maximum atomic E-state index is 13.4. The van der Waals surface area contributed by atoms with Crippen LogP contribution < -0.4 is 0 Å². The minimum atomic E-state index is -1.19. The summed E-state index contributed by atoms with van der Waals surface area (Å²) < 4.78 is 11.9. The van der Waals surface area contributed by atoms with Crippen LogP contribution in [-0.2, 0) is 23.9 Å². The quantitative estimate of drug-likeness (QED) is 0.237. The lowest BCUT2D eigenvalue weighted by atomic mass is 9.53. The van der Waals surface area contributed by atoms with Crippen molar-refractivity contribution in [1.82, 2.24) is 0 Å². The molecule has 0 amide bonds. The van der Waals surface area contributed by atoms with Gasteiger partial charge in [-0.05, 0) is 58.1 Å². The molecule has 0 aromatic carbocycles. The van der Waals surface area contributed by atoms with Crippen LogP contribution in [0.5, 0.6) is 0 Å². The van der Waals surface area contributed by atoms with E-state index in [-0.39, 0.29) is 18.1 Å². The van der Waals surface area contributed by atoms with Crippen molar-refractivity contribution in [2.45, 2.75) is 78.5 Å². The van der Waals surface area contributed by atoms with Crippen molar-refractivity contribution in [3.8, 4) is 0 Å². The fourth-order valence-electron chi connectivity index (χ4n) is 5.81. The highest BCUT2D eigenvalue weighted by atomic mass is 16.6. The number of hydrogen-bond donors (Lipinski definition) is 3. The molecule has 212 valence electrons. The molecular formula is C31H40O8. The van der Waals surface area contributed by atoms with Crippen molar-refractivity contribution in [3.05, 3.63) is 71.4 Å². The highest BCUT2D eigenvalue weighted by Crippen LogP contribution is 2.56. The zero-order chi connectivity index (χ0) is 29.1.